The number of anilines is 4. The van der Waals surface area contributed by atoms with Crippen LogP contribution in [0.25, 0.3) is 0 Å². The Morgan fingerprint density at radius 3 is 1.38 bits per heavy atom. The lowest BCUT2D eigenvalue weighted by atomic mass is 10.0. The molecule has 0 fully saturated rings. The summed E-state index contributed by atoms with van der Waals surface area (Å²) in [4.78, 5) is 2.21. The van der Waals surface area contributed by atoms with Crippen LogP contribution in [0.2, 0.25) is 20.1 Å². The van der Waals surface area contributed by atoms with Gasteiger partial charge in [-0.15, -0.1) is 23.5 Å². The van der Waals surface area contributed by atoms with Gasteiger partial charge in [0, 0.05) is 16.2 Å². The van der Waals surface area contributed by atoms with E-state index in [1.807, 2.05) is 37.6 Å². The highest BCUT2D eigenvalue weighted by atomic mass is 35.5. The normalized spacial score (nSPS) is 10.6. The van der Waals surface area contributed by atoms with E-state index in [9.17, 15) is 0 Å². The number of rotatable bonds is 4. The SMILES string of the molecule is CSc1cc(SC)c(N)c(C)c1N.Nc1ccc(Cc2ccc(N)c(Cl)c2Cl)c(Cl)c1Cl. The monoisotopic (exact) mass is 548 g/mol. The summed E-state index contributed by atoms with van der Waals surface area (Å²) >= 11 is 27.6. The number of nitrogens with two attached hydrogens (primary N) is 4. The highest BCUT2D eigenvalue weighted by Gasteiger charge is 2.13. The Labute approximate surface area is 217 Å². The van der Waals surface area contributed by atoms with Crippen LogP contribution in [-0.2, 0) is 6.42 Å². The number of halogens is 4. The van der Waals surface area contributed by atoms with Gasteiger partial charge in [0.2, 0.25) is 0 Å². The molecular formula is C22H24Cl4N4S2. The number of benzene rings is 3. The van der Waals surface area contributed by atoms with Gasteiger partial charge in [0.05, 0.1) is 42.8 Å². The van der Waals surface area contributed by atoms with Gasteiger partial charge in [0.25, 0.3) is 0 Å². The molecule has 0 amide bonds. The van der Waals surface area contributed by atoms with Gasteiger partial charge in [0.15, 0.2) is 0 Å². The third kappa shape index (κ3) is 5.99. The average molecular weight is 550 g/mol. The summed E-state index contributed by atoms with van der Waals surface area (Å²) in [5.74, 6) is 0. The van der Waals surface area contributed by atoms with Crippen LogP contribution in [0.1, 0.15) is 16.7 Å². The summed E-state index contributed by atoms with van der Waals surface area (Å²) in [5.41, 5.74) is 28.3. The quantitative estimate of drug-likeness (QED) is 0.197. The lowest BCUT2D eigenvalue weighted by Crippen LogP contribution is -1.99. The van der Waals surface area contributed by atoms with E-state index in [1.165, 1.54) is 0 Å². The van der Waals surface area contributed by atoms with E-state index in [4.69, 9.17) is 69.3 Å². The number of hydrogen-bond donors (Lipinski definition) is 4. The van der Waals surface area contributed by atoms with Gasteiger partial charge in [-0.3, -0.25) is 0 Å². The summed E-state index contributed by atoms with van der Waals surface area (Å²) in [6, 6.07) is 9.08. The molecule has 172 valence electrons. The van der Waals surface area contributed by atoms with E-state index in [2.05, 4.69) is 0 Å². The van der Waals surface area contributed by atoms with E-state index in [0.717, 1.165) is 37.9 Å². The maximum absolute atomic E-state index is 6.16. The molecule has 0 saturated carbocycles. The second-order valence-electron chi connectivity index (χ2n) is 6.79. The minimum absolute atomic E-state index is 0.344. The molecule has 0 aromatic heterocycles. The second kappa shape index (κ2) is 11.7. The molecule has 0 aliphatic rings. The summed E-state index contributed by atoms with van der Waals surface area (Å²) in [6.07, 6.45) is 4.54. The van der Waals surface area contributed by atoms with Crippen molar-refractivity contribution in [2.24, 2.45) is 0 Å². The molecule has 8 N–H and O–H groups in total. The average Bonchev–Trinajstić information content (AvgIpc) is 2.78. The van der Waals surface area contributed by atoms with Gasteiger partial charge in [-0.1, -0.05) is 58.5 Å². The van der Waals surface area contributed by atoms with Crippen molar-refractivity contribution in [2.45, 2.75) is 23.1 Å². The first-order valence-corrected chi connectivity index (χ1v) is 13.2. The number of thioether (sulfide) groups is 2. The van der Waals surface area contributed by atoms with Crippen LogP contribution in [-0.4, -0.2) is 12.5 Å². The predicted molar refractivity (Wildman–Crippen MR) is 148 cm³/mol. The van der Waals surface area contributed by atoms with E-state index >= 15 is 0 Å². The largest absolute Gasteiger partial charge is 0.398 e. The summed E-state index contributed by atoms with van der Waals surface area (Å²) < 4.78 is 0. The highest BCUT2D eigenvalue weighted by molar-refractivity contribution is 7.99. The molecule has 0 atom stereocenters. The first-order valence-electron chi connectivity index (χ1n) is 9.24. The molecule has 0 unspecified atom stereocenters. The number of hydrogen-bond acceptors (Lipinski definition) is 6. The maximum Gasteiger partial charge on any atom is 0.0824 e. The lowest BCUT2D eigenvalue weighted by molar-refractivity contribution is 1.19. The Hall–Kier alpha value is -1.28. The zero-order valence-electron chi connectivity index (χ0n) is 17.7. The van der Waals surface area contributed by atoms with Crippen molar-refractivity contribution in [2.75, 3.05) is 35.4 Å². The molecule has 0 aliphatic heterocycles. The van der Waals surface area contributed by atoms with Crippen LogP contribution in [0.15, 0.2) is 40.1 Å². The molecule has 0 spiro atoms. The molecule has 4 nitrogen and oxygen atoms in total. The Morgan fingerprint density at radius 2 is 1.03 bits per heavy atom. The van der Waals surface area contributed by atoms with Gasteiger partial charge in [-0.25, -0.2) is 0 Å². The first-order chi connectivity index (χ1) is 15.0. The van der Waals surface area contributed by atoms with Gasteiger partial charge < -0.3 is 22.9 Å². The predicted octanol–water partition coefficient (Wildman–Crippen LogP) is 7.66. The molecule has 0 radical (unpaired) electrons. The van der Waals surface area contributed by atoms with Crippen LogP contribution in [0.5, 0.6) is 0 Å². The van der Waals surface area contributed by atoms with E-state index in [1.54, 1.807) is 35.7 Å². The van der Waals surface area contributed by atoms with Crippen LogP contribution in [0.3, 0.4) is 0 Å². The van der Waals surface area contributed by atoms with Crippen molar-refractivity contribution in [3.05, 3.63) is 67.1 Å². The van der Waals surface area contributed by atoms with Gasteiger partial charge in [-0.05, 0) is 54.3 Å². The molecule has 0 aliphatic carbocycles. The fraction of sp³-hybridized carbons (Fsp3) is 0.182. The van der Waals surface area contributed by atoms with E-state index in [0.29, 0.717) is 37.9 Å². The van der Waals surface area contributed by atoms with Crippen LogP contribution in [0, 0.1) is 6.92 Å². The Morgan fingerprint density at radius 1 is 0.656 bits per heavy atom. The third-order valence-electron chi connectivity index (χ3n) is 4.81. The van der Waals surface area contributed by atoms with Gasteiger partial charge >= 0.3 is 0 Å². The van der Waals surface area contributed by atoms with Crippen molar-refractivity contribution in [1.29, 1.82) is 0 Å². The molecule has 0 bridgehead atoms. The Balaban J connectivity index is 0.000000244. The smallest absolute Gasteiger partial charge is 0.0824 e. The molecular weight excluding hydrogens is 526 g/mol. The molecule has 10 heteroatoms. The number of nitrogen functional groups attached to an aromatic ring is 4. The van der Waals surface area contributed by atoms with E-state index in [-0.39, 0.29) is 0 Å². The summed E-state index contributed by atoms with van der Waals surface area (Å²) in [6.45, 7) is 1.96. The van der Waals surface area contributed by atoms with E-state index < -0.39 is 0 Å². The zero-order chi connectivity index (χ0) is 24.2. The van der Waals surface area contributed by atoms with Crippen molar-refractivity contribution in [3.8, 4) is 0 Å². The van der Waals surface area contributed by atoms with Crippen molar-refractivity contribution >= 4 is 92.7 Å². The minimum Gasteiger partial charge on any atom is -0.398 e. The fourth-order valence-electron chi connectivity index (χ4n) is 2.81. The fourth-order valence-corrected chi connectivity index (χ4v) is 4.95. The zero-order valence-corrected chi connectivity index (χ0v) is 22.4. The molecule has 3 aromatic rings. The standard InChI is InChI=1S/C13H10Cl4N2.C9H14N2S2/c14-10-6(1-3-8(18)12(10)16)5-7-2-4-9(19)13(17)11(7)15;1-5-8(10)6(12-2)4-7(13-3)9(5)11/h1-4H,5,18-19H2;4H,10-11H2,1-3H3. The van der Waals surface area contributed by atoms with Crippen LogP contribution < -0.4 is 22.9 Å². The molecule has 0 saturated heterocycles. The lowest BCUT2D eigenvalue weighted by Gasteiger charge is -2.12. The van der Waals surface area contributed by atoms with Gasteiger partial charge in [-0.2, -0.15) is 0 Å². The topological polar surface area (TPSA) is 104 Å². The van der Waals surface area contributed by atoms with Gasteiger partial charge in [0.1, 0.15) is 0 Å². The molecule has 3 rings (SSSR count). The Kier molecular flexibility index (Phi) is 9.88. The second-order valence-corrected chi connectivity index (χ2v) is 10.0. The highest BCUT2D eigenvalue weighted by Crippen LogP contribution is 2.37. The maximum atomic E-state index is 6.16. The van der Waals surface area contributed by atoms with Crippen LogP contribution >= 0.6 is 69.9 Å². The van der Waals surface area contributed by atoms with Crippen molar-refractivity contribution < 1.29 is 0 Å². The molecule has 0 heterocycles. The third-order valence-corrected chi connectivity index (χ3v) is 8.23. The van der Waals surface area contributed by atoms with Crippen LogP contribution in [0.4, 0.5) is 22.7 Å². The minimum atomic E-state index is 0.344. The molecule has 32 heavy (non-hydrogen) atoms. The first kappa shape index (κ1) is 27.0. The summed E-state index contributed by atoms with van der Waals surface area (Å²) in [5, 5.41) is 1.53. The summed E-state index contributed by atoms with van der Waals surface area (Å²) in [7, 11) is 0. The Bertz CT molecular complexity index is 1060. The molecule has 3 aromatic carbocycles. The van der Waals surface area contributed by atoms with Crippen molar-refractivity contribution in [1.82, 2.24) is 0 Å². The van der Waals surface area contributed by atoms with Crippen molar-refractivity contribution in [3.63, 3.8) is 0 Å².